The summed E-state index contributed by atoms with van der Waals surface area (Å²) in [4.78, 5) is 96.7. The number of aliphatic hydroxyl groups is 2. The Bertz CT molecular complexity index is 1780. The van der Waals surface area contributed by atoms with Crippen molar-refractivity contribution >= 4 is 75.4 Å². The van der Waals surface area contributed by atoms with Crippen LogP contribution in [0.2, 0.25) is 0 Å². The lowest BCUT2D eigenvalue weighted by atomic mass is 9.87. The number of carbonyl (C=O) groups excluding carboxylic acids is 4. The molecule has 2 aromatic heterocycles. The molecule has 3 heterocycles. The smallest absolute Gasteiger partial charge is 0.386 e. The molecule has 1 fully saturated rings. The number of thioether (sulfide) groups is 1. The Labute approximate surface area is 303 Å². The van der Waals surface area contributed by atoms with Crippen molar-refractivity contribution in [1.82, 2.24) is 30.2 Å². The van der Waals surface area contributed by atoms with Crippen LogP contribution in [0.1, 0.15) is 32.9 Å². The largest absolute Gasteiger partial charge is 0.481 e. The van der Waals surface area contributed by atoms with Gasteiger partial charge in [0.05, 0.1) is 26.0 Å². The highest BCUT2D eigenvalue weighted by molar-refractivity contribution is 8.13. The number of anilines is 1. The molecule has 2 amide bonds. The van der Waals surface area contributed by atoms with E-state index in [1.54, 1.807) is 0 Å². The molecule has 0 spiro atoms. The van der Waals surface area contributed by atoms with E-state index in [0.717, 1.165) is 29.0 Å². The number of amides is 2. The molecule has 7 atom stereocenters. The fourth-order valence-electron chi connectivity index (χ4n) is 4.42. The first-order valence-corrected chi connectivity index (χ1v) is 20.5. The van der Waals surface area contributed by atoms with Crippen molar-refractivity contribution in [2.24, 2.45) is 5.41 Å². The Kier molecular flexibility index (Phi) is 15.8. The van der Waals surface area contributed by atoms with Crippen molar-refractivity contribution in [3.8, 4) is 0 Å². The standard InChI is InChI=1S/C24H38N7O18P3S/c1-24(2,19(36)22(37)27-5-3-14(33)26-6-8-53-15(34)4-7-32)10-46-52(43,44)49-51(41,42)45-9-13-18(48-50(38,39)40)17(35)23(47-13)31-12-30-16-20(25)28-11-29-21(16)31/h7,11-13,17-19,23,35-36H,3-6,8-10H2,1-2H3,(H,26,33)(H,27,37)(H,41,42)(H,43,44)(H2,25,28,29)(H2,38,39,40)/t13-,17-,18-,19?,23-/m1/s1. The molecule has 1 aliphatic rings. The van der Waals surface area contributed by atoms with Gasteiger partial charge in [0.1, 0.15) is 42.5 Å². The maximum Gasteiger partial charge on any atom is 0.481 e. The summed E-state index contributed by atoms with van der Waals surface area (Å²) in [5.74, 6) is -1.32. The zero-order chi connectivity index (χ0) is 39.8. The van der Waals surface area contributed by atoms with E-state index in [2.05, 4.69) is 34.4 Å². The number of carbonyl (C=O) groups is 4. The zero-order valence-corrected chi connectivity index (χ0v) is 31.3. The SMILES string of the molecule is CC(C)(COP(=O)(O)OP(=O)(O)OC[C@H]1O[C@@H](n2cnc3c(N)ncnc32)[C@H](O)[C@@H]1OP(=O)(O)O)C(O)C(=O)NCCC(=O)NCCSC(=O)CC=O. The molecule has 25 nitrogen and oxygen atoms in total. The molecule has 1 saturated heterocycles. The maximum atomic E-state index is 12.6. The lowest BCUT2D eigenvalue weighted by Gasteiger charge is -2.30. The second-order valence-corrected chi connectivity index (χ2v) is 17.0. The van der Waals surface area contributed by atoms with E-state index >= 15 is 0 Å². The van der Waals surface area contributed by atoms with Crippen LogP contribution in [-0.2, 0) is 55.5 Å². The van der Waals surface area contributed by atoms with E-state index in [9.17, 15) is 62.7 Å². The Morgan fingerprint density at radius 3 is 2.43 bits per heavy atom. The van der Waals surface area contributed by atoms with Crippen LogP contribution >= 0.6 is 35.2 Å². The van der Waals surface area contributed by atoms with Gasteiger partial charge in [-0.1, -0.05) is 25.6 Å². The van der Waals surface area contributed by atoms with Gasteiger partial charge in [-0.25, -0.2) is 28.6 Å². The van der Waals surface area contributed by atoms with Crippen molar-refractivity contribution in [2.45, 2.75) is 57.3 Å². The van der Waals surface area contributed by atoms with Gasteiger partial charge in [0, 0.05) is 30.7 Å². The number of fused-ring (bicyclic) bond motifs is 1. The first-order valence-electron chi connectivity index (χ1n) is 15.0. The minimum absolute atomic E-state index is 0.0240. The molecule has 53 heavy (non-hydrogen) atoms. The third-order valence-corrected chi connectivity index (χ3v) is 11.0. The second kappa shape index (κ2) is 18.7. The molecule has 0 bridgehead atoms. The number of hydrogen-bond donors (Lipinski definition) is 9. The van der Waals surface area contributed by atoms with Gasteiger partial charge in [-0.2, -0.15) is 4.31 Å². The third-order valence-electron chi connectivity index (χ3n) is 7.01. The monoisotopic (exact) mass is 837 g/mol. The van der Waals surface area contributed by atoms with Crippen LogP contribution in [0.25, 0.3) is 11.2 Å². The fraction of sp³-hybridized carbons (Fsp3) is 0.625. The van der Waals surface area contributed by atoms with Crippen LogP contribution < -0.4 is 16.4 Å². The van der Waals surface area contributed by atoms with Gasteiger partial charge >= 0.3 is 23.5 Å². The van der Waals surface area contributed by atoms with Crippen LogP contribution in [0.3, 0.4) is 0 Å². The predicted molar refractivity (Wildman–Crippen MR) is 178 cm³/mol. The Morgan fingerprint density at radius 2 is 1.77 bits per heavy atom. The number of rotatable bonds is 21. The average Bonchev–Trinajstić information content (AvgIpc) is 3.61. The van der Waals surface area contributed by atoms with Crippen LogP contribution in [0, 0.1) is 5.41 Å². The van der Waals surface area contributed by atoms with Crippen molar-refractivity contribution in [3.05, 3.63) is 12.7 Å². The Hall–Kier alpha value is -2.77. The molecular formula is C24H38N7O18P3S. The van der Waals surface area contributed by atoms with Gasteiger partial charge in [0.15, 0.2) is 22.8 Å². The summed E-state index contributed by atoms with van der Waals surface area (Å²) in [5.41, 5.74) is 4.22. The second-order valence-electron chi connectivity index (χ2n) is 11.7. The van der Waals surface area contributed by atoms with E-state index in [-0.39, 0.29) is 53.8 Å². The van der Waals surface area contributed by atoms with Gasteiger partial charge in [-0.05, 0) is 0 Å². The van der Waals surface area contributed by atoms with Crippen LogP contribution in [0.5, 0.6) is 0 Å². The van der Waals surface area contributed by atoms with E-state index in [1.165, 1.54) is 13.8 Å². The number of imidazole rings is 1. The molecule has 298 valence electrons. The summed E-state index contributed by atoms with van der Waals surface area (Å²) in [6.07, 6.45) is -6.80. The minimum Gasteiger partial charge on any atom is -0.386 e. The number of aliphatic hydroxyl groups excluding tert-OH is 2. The van der Waals surface area contributed by atoms with Crippen molar-refractivity contribution in [3.63, 3.8) is 0 Å². The van der Waals surface area contributed by atoms with Gasteiger partial charge in [0.2, 0.25) is 11.8 Å². The number of aromatic nitrogens is 4. The number of phosphoric ester groups is 3. The molecule has 0 aromatic carbocycles. The van der Waals surface area contributed by atoms with E-state index in [1.807, 2.05) is 0 Å². The van der Waals surface area contributed by atoms with E-state index in [0.29, 0.717) is 6.29 Å². The summed E-state index contributed by atoms with van der Waals surface area (Å²) >= 11 is 0.864. The number of ether oxygens (including phenoxy) is 1. The highest BCUT2D eigenvalue weighted by atomic mass is 32.2. The Balaban J connectivity index is 1.52. The van der Waals surface area contributed by atoms with E-state index < -0.39 is 84.6 Å². The van der Waals surface area contributed by atoms with Crippen molar-refractivity contribution < 1.29 is 85.3 Å². The molecule has 0 aliphatic carbocycles. The maximum absolute atomic E-state index is 12.6. The number of nitrogen functional groups attached to an aromatic ring is 1. The first kappa shape index (κ1) is 44.6. The summed E-state index contributed by atoms with van der Waals surface area (Å²) in [5, 5.41) is 25.8. The van der Waals surface area contributed by atoms with Gasteiger partial charge < -0.3 is 55.7 Å². The molecule has 1 aliphatic heterocycles. The Morgan fingerprint density at radius 1 is 1.09 bits per heavy atom. The topological polar surface area (TPSA) is 381 Å². The number of phosphoric acid groups is 3. The van der Waals surface area contributed by atoms with Crippen LogP contribution in [0.4, 0.5) is 5.82 Å². The zero-order valence-electron chi connectivity index (χ0n) is 27.8. The summed E-state index contributed by atoms with van der Waals surface area (Å²) in [6.45, 7) is 0.301. The normalized spacial score (nSPS) is 22.1. The third kappa shape index (κ3) is 13.5. The van der Waals surface area contributed by atoms with Gasteiger partial charge in [-0.3, -0.25) is 32.5 Å². The minimum atomic E-state index is -5.57. The van der Waals surface area contributed by atoms with Gasteiger partial charge in [-0.15, -0.1) is 0 Å². The average molecular weight is 838 g/mol. The summed E-state index contributed by atoms with van der Waals surface area (Å²) in [6, 6.07) is 0. The quantitative estimate of drug-likeness (QED) is 0.0291. The predicted octanol–water partition coefficient (Wildman–Crippen LogP) is -1.75. The molecule has 3 unspecified atom stereocenters. The molecule has 3 rings (SSSR count). The lowest BCUT2D eigenvalue weighted by molar-refractivity contribution is -0.137. The molecule has 10 N–H and O–H groups in total. The number of nitrogens with one attached hydrogen (secondary N) is 2. The first-order chi connectivity index (χ1) is 24.6. The van der Waals surface area contributed by atoms with Gasteiger partial charge in [0.25, 0.3) is 0 Å². The number of nitrogens with two attached hydrogens (primary N) is 1. The van der Waals surface area contributed by atoms with Crippen molar-refractivity contribution in [2.75, 3.05) is 37.8 Å². The molecule has 0 radical (unpaired) electrons. The summed E-state index contributed by atoms with van der Waals surface area (Å²) in [7, 11) is -16.4. The highest BCUT2D eigenvalue weighted by Crippen LogP contribution is 2.61. The van der Waals surface area contributed by atoms with Crippen molar-refractivity contribution in [1.29, 1.82) is 0 Å². The van der Waals surface area contributed by atoms with Crippen LogP contribution in [-0.4, -0.2) is 129 Å². The lowest BCUT2D eigenvalue weighted by Crippen LogP contribution is -2.46. The molecule has 2 aromatic rings. The number of aldehydes is 1. The summed E-state index contributed by atoms with van der Waals surface area (Å²) < 4.78 is 61.8. The molecule has 29 heteroatoms. The number of hydrogen-bond acceptors (Lipinski definition) is 19. The highest BCUT2D eigenvalue weighted by Gasteiger charge is 2.50. The fourth-order valence-corrected chi connectivity index (χ4v) is 7.87. The number of nitrogens with zero attached hydrogens (tertiary/aromatic N) is 4. The van der Waals surface area contributed by atoms with E-state index in [4.69, 9.17) is 19.5 Å². The van der Waals surface area contributed by atoms with Crippen LogP contribution in [0.15, 0.2) is 12.7 Å². The molecular weight excluding hydrogens is 799 g/mol. The molecule has 0 saturated carbocycles.